The van der Waals surface area contributed by atoms with Crippen LogP contribution in [0.1, 0.15) is 35.4 Å². The first-order valence-electron chi connectivity index (χ1n) is 6.29. The molecular weight excluding hydrogens is 226 g/mol. The Kier molecular flexibility index (Phi) is 2.75. The van der Waals surface area contributed by atoms with Crippen LogP contribution in [0.2, 0.25) is 0 Å². The van der Waals surface area contributed by atoms with Crippen LogP contribution in [0.4, 0.5) is 0 Å². The second-order valence-electron chi connectivity index (χ2n) is 4.84. The molecule has 0 fully saturated rings. The van der Waals surface area contributed by atoms with Crippen LogP contribution in [-0.4, -0.2) is 4.98 Å². The van der Waals surface area contributed by atoms with Gasteiger partial charge in [-0.2, -0.15) is 11.3 Å². The highest BCUT2D eigenvalue weighted by Gasteiger charge is 2.19. The van der Waals surface area contributed by atoms with Gasteiger partial charge >= 0.3 is 0 Å². The van der Waals surface area contributed by atoms with E-state index in [0.717, 1.165) is 6.42 Å². The van der Waals surface area contributed by atoms with Crippen molar-refractivity contribution < 1.29 is 0 Å². The number of pyridine rings is 1. The molecule has 1 aliphatic carbocycles. The largest absolute Gasteiger partial charge is 0.258 e. The summed E-state index contributed by atoms with van der Waals surface area (Å²) < 4.78 is 0. The summed E-state index contributed by atoms with van der Waals surface area (Å²) in [5, 5.41) is 4.43. The van der Waals surface area contributed by atoms with Gasteiger partial charge in [-0.1, -0.05) is 0 Å². The SMILES string of the molecule is Cc1nc2c(c(-c3ccsc3)c1C)CCCC2. The van der Waals surface area contributed by atoms with Gasteiger partial charge in [-0.3, -0.25) is 4.98 Å². The highest BCUT2D eigenvalue weighted by atomic mass is 32.1. The van der Waals surface area contributed by atoms with Crippen molar-refractivity contribution in [2.45, 2.75) is 39.5 Å². The molecule has 0 bridgehead atoms. The molecular formula is C15H17NS. The molecule has 2 aromatic rings. The van der Waals surface area contributed by atoms with Gasteiger partial charge in [0, 0.05) is 11.4 Å². The van der Waals surface area contributed by atoms with Crippen LogP contribution in [0, 0.1) is 13.8 Å². The minimum Gasteiger partial charge on any atom is -0.258 e. The lowest BCUT2D eigenvalue weighted by molar-refractivity contribution is 0.665. The molecule has 0 spiro atoms. The van der Waals surface area contributed by atoms with Crippen LogP contribution in [0.25, 0.3) is 11.1 Å². The van der Waals surface area contributed by atoms with Crippen molar-refractivity contribution in [1.82, 2.24) is 4.98 Å². The topological polar surface area (TPSA) is 12.9 Å². The number of rotatable bonds is 1. The monoisotopic (exact) mass is 243 g/mol. The molecule has 0 N–H and O–H groups in total. The molecule has 1 aliphatic rings. The molecule has 2 heterocycles. The summed E-state index contributed by atoms with van der Waals surface area (Å²) >= 11 is 1.78. The predicted molar refractivity (Wildman–Crippen MR) is 73.7 cm³/mol. The Hall–Kier alpha value is -1.15. The average molecular weight is 243 g/mol. The molecule has 88 valence electrons. The molecule has 2 heteroatoms. The number of nitrogens with zero attached hydrogens (tertiary/aromatic N) is 1. The van der Waals surface area contributed by atoms with Gasteiger partial charge in [0.15, 0.2) is 0 Å². The van der Waals surface area contributed by atoms with E-state index < -0.39 is 0 Å². The third-order valence-corrected chi connectivity index (χ3v) is 4.45. The summed E-state index contributed by atoms with van der Waals surface area (Å²) in [4.78, 5) is 4.79. The van der Waals surface area contributed by atoms with Gasteiger partial charge in [0.2, 0.25) is 0 Å². The third-order valence-electron chi connectivity index (χ3n) is 3.77. The van der Waals surface area contributed by atoms with E-state index in [1.165, 1.54) is 52.9 Å². The van der Waals surface area contributed by atoms with E-state index in [4.69, 9.17) is 4.98 Å². The number of hydrogen-bond donors (Lipinski definition) is 0. The summed E-state index contributed by atoms with van der Waals surface area (Å²) in [6.07, 6.45) is 4.97. The fraction of sp³-hybridized carbons (Fsp3) is 0.400. The maximum atomic E-state index is 4.79. The molecule has 0 amide bonds. The molecule has 17 heavy (non-hydrogen) atoms. The first kappa shape index (κ1) is 11.0. The summed E-state index contributed by atoms with van der Waals surface area (Å²) in [6, 6.07) is 2.24. The molecule has 0 radical (unpaired) electrons. The molecule has 0 saturated heterocycles. The van der Waals surface area contributed by atoms with Gasteiger partial charge < -0.3 is 0 Å². The van der Waals surface area contributed by atoms with Crippen molar-refractivity contribution in [2.24, 2.45) is 0 Å². The van der Waals surface area contributed by atoms with Crippen LogP contribution in [0.5, 0.6) is 0 Å². The van der Waals surface area contributed by atoms with Gasteiger partial charge in [0.1, 0.15) is 0 Å². The normalized spacial score (nSPS) is 14.7. The van der Waals surface area contributed by atoms with Crippen LogP contribution in [0.15, 0.2) is 16.8 Å². The zero-order chi connectivity index (χ0) is 11.8. The molecule has 1 nitrogen and oxygen atoms in total. The quantitative estimate of drug-likeness (QED) is 0.727. The van der Waals surface area contributed by atoms with Gasteiger partial charge in [0.25, 0.3) is 0 Å². The molecule has 0 aliphatic heterocycles. The number of aromatic nitrogens is 1. The third kappa shape index (κ3) is 1.81. The molecule has 0 aromatic carbocycles. The first-order chi connectivity index (χ1) is 8.27. The minimum absolute atomic E-state index is 1.16. The number of aryl methyl sites for hydroxylation is 2. The Morgan fingerprint density at radius 3 is 2.76 bits per heavy atom. The van der Waals surface area contributed by atoms with Crippen molar-refractivity contribution >= 4 is 11.3 Å². The predicted octanol–water partition coefficient (Wildman–Crippen LogP) is 4.31. The second kappa shape index (κ2) is 4.26. The highest BCUT2D eigenvalue weighted by molar-refractivity contribution is 7.08. The van der Waals surface area contributed by atoms with Gasteiger partial charge in [-0.15, -0.1) is 0 Å². The number of fused-ring (bicyclic) bond motifs is 1. The molecule has 0 saturated carbocycles. The Labute approximate surface area is 107 Å². The standard InChI is InChI=1S/C15H17NS/c1-10-11(2)16-14-6-4-3-5-13(14)15(10)12-7-8-17-9-12/h7-9H,3-6H2,1-2H3. The van der Waals surface area contributed by atoms with Crippen LogP contribution < -0.4 is 0 Å². The average Bonchev–Trinajstić information content (AvgIpc) is 2.84. The molecule has 0 atom stereocenters. The fourth-order valence-electron chi connectivity index (χ4n) is 2.77. The van der Waals surface area contributed by atoms with E-state index >= 15 is 0 Å². The van der Waals surface area contributed by atoms with E-state index in [-0.39, 0.29) is 0 Å². The summed E-state index contributed by atoms with van der Waals surface area (Å²) in [7, 11) is 0. The Morgan fingerprint density at radius 1 is 1.18 bits per heavy atom. The van der Waals surface area contributed by atoms with Crippen molar-refractivity contribution in [3.05, 3.63) is 39.3 Å². The van der Waals surface area contributed by atoms with Crippen LogP contribution in [0.3, 0.4) is 0 Å². The fourth-order valence-corrected chi connectivity index (χ4v) is 3.42. The molecule has 0 unspecified atom stereocenters. The number of thiophene rings is 1. The van der Waals surface area contributed by atoms with Crippen molar-refractivity contribution in [3.8, 4) is 11.1 Å². The van der Waals surface area contributed by atoms with Gasteiger partial charge in [-0.05, 0) is 78.6 Å². The van der Waals surface area contributed by atoms with E-state index in [1.54, 1.807) is 11.3 Å². The van der Waals surface area contributed by atoms with E-state index in [9.17, 15) is 0 Å². The lowest BCUT2D eigenvalue weighted by atomic mass is 9.87. The summed E-state index contributed by atoms with van der Waals surface area (Å²) in [5.74, 6) is 0. The Balaban J connectivity index is 2.28. The summed E-state index contributed by atoms with van der Waals surface area (Å²) in [6.45, 7) is 4.35. The van der Waals surface area contributed by atoms with E-state index in [1.807, 2.05) is 0 Å². The minimum atomic E-state index is 1.16. The second-order valence-corrected chi connectivity index (χ2v) is 5.62. The first-order valence-corrected chi connectivity index (χ1v) is 7.23. The van der Waals surface area contributed by atoms with Crippen LogP contribution >= 0.6 is 11.3 Å². The zero-order valence-corrected chi connectivity index (χ0v) is 11.2. The maximum absolute atomic E-state index is 4.79. The Morgan fingerprint density at radius 2 is 2.00 bits per heavy atom. The van der Waals surface area contributed by atoms with Crippen molar-refractivity contribution in [3.63, 3.8) is 0 Å². The lowest BCUT2D eigenvalue weighted by Gasteiger charge is -2.21. The smallest absolute Gasteiger partial charge is 0.0445 e. The van der Waals surface area contributed by atoms with Crippen LogP contribution in [-0.2, 0) is 12.8 Å². The summed E-state index contributed by atoms with van der Waals surface area (Å²) in [5.41, 5.74) is 8.28. The number of hydrogen-bond acceptors (Lipinski definition) is 2. The molecule has 2 aromatic heterocycles. The van der Waals surface area contributed by atoms with Crippen molar-refractivity contribution in [1.29, 1.82) is 0 Å². The van der Waals surface area contributed by atoms with Gasteiger partial charge in [0.05, 0.1) is 0 Å². The van der Waals surface area contributed by atoms with Gasteiger partial charge in [-0.25, -0.2) is 0 Å². The van der Waals surface area contributed by atoms with E-state index in [2.05, 4.69) is 30.7 Å². The maximum Gasteiger partial charge on any atom is 0.0445 e. The Bertz CT molecular complexity index is 541. The molecule has 3 rings (SSSR count). The van der Waals surface area contributed by atoms with Crippen molar-refractivity contribution in [2.75, 3.05) is 0 Å². The zero-order valence-electron chi connectivity index (χ0n) is 10.4. The van der Waals surface area contributed by atoms with E-state index in [0.29, 0.717) is 0 Å². The highest BCUT2D eigenvalue weighted by Crippen LogP contribution is 2.35. The lowest BCUT2D eigenvalue weighted by Crippen LogP contribution is -2.10.